The van der Waals surface area contributed by atoms with Gasteiger partial charge in [0.05, 0.1) is 5.03 Å². The number of pyridine rings is 2. The van der Waals surface area contributed by atoms with E-state index in [1.807, 2.05) is 32.0 Å². The summed E-state index contributed by atoms with van der Waals surface area (Å²) >= 11 is 1.59. The lowest BCUT2D eigenvalue weighted by Crippen LogP contribution is -2.30. The Bertz CT molecular complexity index is 700. The van der Waals surface area contributed by atoms with Gasteiger partial charge >= 0.3 is 0 Å². The molecule has 0 bridgehead atoms. The lowest BCUT2D eigenvalue weighted by molar-refractivity contribution is 0.445. The molecule has 5 nitrogen and oxygen atoms in total. The first-order valence-corrected chi connectivity index (χ1v) is 9.99. The maximum atomic E-state index is 12.4. The first-order chi connectivity index (χ1) is 11.1. The van der Waals surface area contributed by atoms with Crippen LogP contribution in [0.2, 0.25) is 0 Å². The molecular weight excluding hydrogens is 330 g/mol. The monoisotopic (exact) mass is 351 g/mol. The van der Waals surface area contributed by atoms with Crippen molar-refractivity contribution < 1.29 is 8.42 Å². The normalized spacial score (nSPS) is 11.8. The largest absolute Gasteiger partial charge is 0.261 e. The molecule has 0 aliphatic carbocycles. The minimum absolute atomic E-state index is 0.246. The molecule has 0 amide bonds. The summed E-state index contributed by atoms with van der Waals surface area (Å²) in [4.78, 5) is 8.79. The molecule has 0 aliphatic heterocycles. The van der Waals surface area contributed by atoms with Crippen molar-refractivity contribution >= 4 is 21.8 Å². The molecule has 0 aliphatic rings. The lowest BCUT2D eigenvalue weighted by atomic mass is 10.3. The van der Waals surface area contributed by atoms with Crippen LogP contribution in [0.15, 0.2) is 52.6 Å². The van der Waals surface area contributed by atoms with E-state index in [1.54, 1.807) is 30.1 Å². The molecule has 23 heavy (non-hydrogen) atoms. The molecule has 0 fully saturated rings. The van der Waals surface area contributed by atoms with Gasteiger partial charge in [0.25, 0.3) is 0 Å². The van der Waals surface area contributed by atoms with Crippen molar-refractivity contribution in [3.8, 4) is 0 Å². The number of aromatic nitrogens is 2. The average molecular weight is 351 g/mol. The fraction of sp³-hybridized carbons (Fsp3) is 0.375. The fourth-order valence-electron chi connectivity index (χ4n) is 2.12. The summed E-state index contributed by atoms with van der Waals surface area (Å²) < 4.78 is 26.2. The van der Waals surface area contributed by atoms with E-state index in [-0.39, 0.29) is 4.90 Å². The van der Waals surface area contributed by atoms with Crippen LogP contribution in [0.5, 0.6) is 0 Å². The molecule has 0 radical (unpaired) electrons. The molecular formula is C16H21N3O2S2. The number of rotatable bonds is 8. The van der Waals surface area contributed by atoms with Gasteiger partial charge in [-0.25, -0.2) is 13.4 Å². The Labute approximate surface area is 142 Å². The van der Waals surface area contributed by atoms with Crippen LogP contribution < -0.4 is 0 Å². The van der Waals surface area contributed by atoms with Gasteiger partial charge in [0.2, 0.25) is 10.0 Å². The Morgan fingerprint density at radius 3 is 2.43 bits per heavy atom. The molecule has 124 valence electrons. The molecule has 2 rings (SSSR count). The van der Waals surface area contributed by atoms with Crippen molar-refractivity contribution in [2.45, 2.75) is 30.2 Å². The summed E-state index contributed by atoms with van der Waals surface area (Å²) in [5.74, 6) is 0.853. The minimum Gasteiger partial charge on any atom is -0.261 e. The molecule has 2 aromatic rings. The third-order valence-corrected chi connectivity index (χ3v) is 6.37. The molecule has 0 unspecified atom stereocenters. The maximum Gasteiger partial charge on any atom is 0.244 e. The van der Waals surface area contributed by atoms with E-state index in [0.29, 0.717) is 13.1 Å². The summed E-state index contributed by atoms with van der Waals surface area (Å²) in [6, 6.07) is 9.25. The highest BCUT2D eigenvalue weighted by atomic mass is 32.2. The first kappa shape index (κ1) is 17.9. The van der Waals surface area contributed by atoms with Crippen molar-refractivity contribution in [3.63, 3.8) is 0 Å². The SMILES string of the molecule is CCN(CC)S(=O)(=O)c1ccc(SCCc2ccccn2)nc1. The second kappa shape index (κ2) is 8.42. The Hall–Kier alpha value is -1.44. The summed E-state index contributed by atoms with van der Waals surface area (Å²) in [6.45, 7) is 4.57. The molecule has 7 heteroatoms. The van der Waals surface area contributed by atoms with Gasteiger partial charge in [0, 0.05) is 36.9 Å². The second-order valence-electron chi connectivity index (χ2n) is 4.84. The van der Waals surface area contributed by atoms with Crippen molar-refractivity contribution in [3.05, 3.63) is 48.4 Å². The van der Waals surface area contributed by atoms with Crippen LogP contribution in [0.3, 0.4) is 0 Å². The second-order valence-corrected chi connectivity index (χ2v) is 7.89. The van der Waals surface area contributed by atoms with Crippen LogP contribution in [0.1, 0.15) is 19.5 Å². The Balaban J connectivity index is 1.97. The highest BCUT2D eigenvalue weighted by molar-refractivity contribution is 7.99. The number of nitrogens with zero attached hydrogens (tertiary/aromatic N) is 3. The van der Waals surface area contributed by atoms with Crippen LogP contribution in [0.4, 0.5) is 0 Å². The molecule has 0 saturated heterocycles. The van der Waals surface area contributed by atoms with E-state index in [4.69, 9.17) is 0 Å². The Kier molecular flexibility index (Phi) is 6.56. The molecule has 2 aromatic heterocycles. The third-order valence-electron chi connectivity index (χ3n) is 3.39. The molecule has 2 heterocycles. The minimum atomic E-state index is -3.43. The number of aryl methyl sites for hydroxylation is 1. The highest BCUT2D eigenvalue weighted by Gasteiger charge is 2.21. The van der Waals surface area contributed by atoms with Crippen LogP contribution in [0.25, 0.3) is 0 Å². The first-order valence-electron chi connectivity index (χ1n) is 7.56. The molecule has 0 aromatic carbocycles. The van der Waals surface area contributed by atoms with Crippen molar-refractivity contribution in [2.24, 2.45) is 0 Å². The molecule has 0 N–H and O–H groups in total. The molecule has 0 saturated carbocycles. The van der Waals surface area contributed by atoms with E-state index < -0.39 is 10.0 Å². The van der Waals surface area contributed by atoms with Gasteiger partial charge < -0.3 is 0 Å². The van der Waals surface area contributed by atoms with Gasteiger partial charge in [-0.2, -0.15) is 4.31 Å². The van der Waals surface area contributed by atoms with E-state index >= 15 is 0 Å². The Morgan fingerprint density at radius 1 is 1.09 bits per heavy atom. The quantitative estimate of drug-likeness (QED) is 0.684. The smallest absolute Gasteiger partial charge is 0.244 e. The topological polar surface area (TPSA) is 63.2 Å². The van der Waals surface area contributed by atoms with Gasteiger partial charge in [0.1, 0.15) is 4.90 Å². The van der Waals surface area contributed by atoms with Gasteiger partial charge in [0.15, 0.2) is 0 Å². The zero-order chi connectivity index (χ0) is 16.7. The summed E-state index contributed by atoms with van der Waals surface area (Å²) in [5.41, 5.74) is 1.04. The van der Waals surface area contributed by atoms with E-state index in [2.05, 4.69) is 9.97 Å². The summed E-state index contributed by atoms with van der Waals surface area (Å²) in [6.07, 6.45) is 4.08. The predicted octanol–water partition coefficient (Wildman–Crippen LogP) is 2.84. The van der Waals surface area contributed by atoms with E-state index in [9.17, 15) is 8.42 Å². The standard InChI is InChI=1S/C16H21N3O2S2/c1-3-19(4-2)23(20,21)15-8-9-16(18-13-15)22-12-10-14-7-5-6-11-17-14/h5-9,11,13H,3-4,10,12H2,1-2H3. The number of sulfonamides is 1. The van der Waals surface area contributed by atoms with Crippen molar-refractivity contribution in [1.29, 1.82) is 0 Å². The average Bonchev–Trinajstić information content (AvgIpc) is 2.57. The molecule has 0 spiro atoms. The number of thioether (sulfide) groups is 1. The summed E-state index contributed by atoms with van der Waals surface area (Å²) in [5, 5.41) is 0.819. The maximum absolute atomic E-state index is 12.4. The number of hydrogen-bond acceptors (Lipinski definition) is 5. The van der Waals surface area contributed by atoms with Crippen LogP contribution >= 0.6 is 11.8 Å². The van der Waals surface area contributed by atoms with Gasteiger partial charge in [-0.15, -0.1) is 11.8 Å². The highest BCUT2D eigenvalue weighted by Crippen LogP contribution is 2.20. The van der Waals surface area contributed by atoms with E-state index in [0.717, 1.165) is 22.9 Å². The molecule has 0 atom stereocenters. The zero-order valence-electron chi connectivity index (χ0n) is 13.3. The van der Waals surface area contributed by atoms with Crippen LogP contribution in [-0.4, -0.2) is 41.5 Å². The lowest BCUT2D eigenvalue weighted by Gasteiger charge is -2.18. The zero-order valence-corrected chi connectivity index (χ0v) is 15.0. The predicted molar refractivity (Wildman–Crippen MR) is 93.0 cm³/mol. The van der Waals surface area contributed by atoms with Gasteiger partial charge in [-0.3, -0.25) is 4.98 Å². The number of hydrogen-bond donors (Lipinski definition) is 0. The van der Waals surface area contributed by atoms with Gasteiger partial charge in [-0.1, -0.05) is 19.9 Å². The Morgan fingerprint density at radius 2 is 1.87 bits per heavy atom. The third kappa shape index (κ3) is 4.76. The van der Waals surface area contributed by atoms with Crippen molar-refractivity contribution in [1.82, 2.24) is 14.3 Å². The fourth-order valence-corrected chi connectivity index (χ4v) is 4.34. The van der Waals surface area contributed by atoms with E-state index in [1.165, 1.54) is 10.5 Å². The van der Waals surface area contributed by atoms with Crippen LogP contribution in [0, 0.1) is 0 Å². The van der Waals surface area contributed by atoms with Crippen LogP contribution in [-0.2, 0) is 16.4 Å². The summed E-state index contributed by atoms with van der Waals surface area (Å²) in [7, 11) is -3.43. The van der Waals surface area contributed by atoms with Crippen molar-refractivity contribution in [2.75, 3.05) is 18.8 Å². The van der Waals surface area contributed by atoms with Gasteiger partial charge in [-0.05, 0) is 30.7 Å².